The number of aliphatic hydroxyl groups excluding tert-OH is 1. The lowest BCUT2D eigenvalue weighted by Gasteiger charge is -2.30. The number of hydrogen-bond donors (Lipinski definition) is 3. The first-order valence-corrected chi connectivity index (χ1v) is 7.94. The minimum Gasteiger partial charge on any atom is -0.396 e. The maximum Gasteiger partial charge on any atom is 0.313 e. The lowest BCUT2D eigenvalue weighted by Crippen LogP contribution is -2.47. The van der Waals surface area contributed by atoms with Gasteiger partial charge < -0.3 is 15.7 Å². The monoisotopic (exact) mass is 344 g/mol. The summed E-state index contributed by atoms with van der Waals surface area (Å²) in [6, 6.07) is 4.44. The van der Waals surface area contributed by atoms with Crippen LogP contribution in [0.3, 0.4) is 0 Å². The van der Waals surface area contributed by atoms with Gasteiger partial charge in [-0.25, -0.2) is 0 Å². The average Bonchev–Trinajstić information content (AvgIpc) is 2.51. The highest BCUT2D eigenvalue weighted by Gasteiger charge is 2.28. The van der Waals surface area contributed by atoms with Gasteiger partial charge in [-0.2, -0.15) is 0 Å². The Morgan fingerprint density at radius 3 is 2.64 bits per heavy atom. The van der Waals surface area contributed by atoms with E-state index in [2.05, 4.69) is 10.6 Å². The van der Waals surface area contributed by atoms with Crippen LogP contribution in [0.25, 0.3) is 0 Å². The van der Waals surface area contributed by atoms with E-state index in [1.807, 2.05) is 0 Å². The predicted molar refractivity (Wildman–Crippen MR) is 86.1 cm³/mol. The Hall–Kier alpha value is -1.30. The van der Waals surface area contributed by atoms with Gasteiger partial charge in [0.05, 0.1) is 10.7 Å². The van der Waals surface area contributed by atoms with Crippen molar-refractivity contribution in [1.82, 2.24) is 5.32 Å². The van der Waals surface area contributed by atoms with Gasteiger partial charge in [0.2, 0.25) is 0 Å². The second-order valence-electron chi connectivity index (χ2n) is 5.39. The predicted octanol–water partition coefficient (Wildman–Crippen LogP) is 2.60. The van der Waals surface area contributed by atoms with Crippen LogP contribution in [0.1, 0.15) is 25.7 Å². The van der Waals surface area contributed by atoms with Crippen LogP contribution in [0, 0.1) is 5.92 Å². The molecule has 2 rings (SSSR count). The van der Waals surface area contributed by atoms with Crippen LogP contribution in [0.4, 0.5) is 5.69 Å². The van der Waals surface area contributed by atoms with E-state index in [0.717, 1.165) is 25.7 Å². The van der Waals surface area contributed by atoms with Crippen molar-refractivity contribution in [2.24, 2.45) is 5.92 Å². The van der Waals surface area contributed by atoms with E-state index in [4.69, 9.17) is 23.2 Å². The SMILES string of the molecule is O=C(Nc1cc(Cl)ccc1Cl)C(=O)NC1CCCCC1CO. The molecule has 120 valence electrons. The summed E-state index contributed by atoms with van der Waals surface area (Å²) in [6.07, 6.45) is 3.62. The zero-order chi connectivity index (χ0) is 16.1. The van der Waals surface area contributed by atoms with E-state index in [1.54, 1.807) is 12.1 Å². The van der Waals surface area contributed by atoms with Crippen LogP contribution in [-0.4, -0.2) is 29.6 Å². The number of carbonyl (C=O) groups excluding carboxylic acids is 2. The maximum atomic E-state index is 12.0. The largest absolute Gasteiger partial charge is 0.396 e. The minimum absolute atomic E-state index is 0.000239. The molecule has 0 aromatic heterocycles. The molecule has 0 radical (unpaired) electrons. The first kappa shape index (κ1) is 17.1. The quantitative estimate of drug-likeness (QED) is 0.737. The van der Waals surface area contributed by atoms with Crippen LogP contribution in [0.5, 0.6) is 0 Å². The zero-order valence-electron chi connectivity index (χ0n) is 11.9. The maximum absolute atomic E-state index is 12.0. The zero-order valence-corrected chi connectivity index (χ0v) is 13.5. The molecule has 0 bridgehead atoms. The summed E-state index contributed by atoms with van der Waals surface area (Å²) in [4.78, 5) is 23.9. The van der Waals surface area contributed by atoms with E-state index >= 15 is 0 Å². The first-order chi connectivity index (χ1) is 10.5. The third-order valence-electron chi connectivity index (χ3n) is 3.84. The summed E-state index contributed by atoms with van der Waals surface area (Å²) in [6.45, 7) is 0.00663. The number of amides is 2. The Bertz CT molecular complexity index is 566. The van der Waals surface area contributed by atoms with E-state index in [9.17, 15) is 14.7 Å². The third-order valence-corrected chi connectivity index (χ3v) is 4.41. The lowest BCUT2D eigenvalue weighted by atomic mass is 9.85. The van der Waals surface area contributed by atoms with Crippen molar-refractivity contribution in [1.29, 1.82) is 0 Å². The Morgan fingerprint density at radius 1 is 1.18 bits per heavy atom. The molecular formula is C15H18Cl2N2O3. The molecule has 2 amide bonds. The summed E-state index contributed by atoms with van der Waals surface area (Å²) in [5.74, 6) is -1.53. The molecular weight excluding hydrogens is 327 g/mol. The van der Waals surface area contributed by atoms with Crippen LogP contribution in [0.2, 0.25) is 10.0 Å². The van der Waals surface area contributed by atoms with Crippen molar-refractivity contribution < 1.29 is 14.7 Å². The normalized spacial score (nSPS) is 21.2. The summed E-state index contributed by atoms with van der Waals surface area (Å²) in [7, 11) is 0. The molecule has 2 atom stereocenters. The summed E-state index contributed by atoms with van der Waals surface area (Å²) >= 11 is 11.8. The van der Waals surface area contributed by atoms with Gasteiger partial charge in [-0.1, -0.05) is 36.0 Å². The van der Waals surface area contributed by atoms with Crippen molar-refractivity contribution in [3.8, 4) is 0 Å². The Kier molecular flexibility index (Phi) is 6.06. The van der Waals surface area contributed by atoms with Crippen LogP contribution < -0.4 is 10.6 Å². The molecule has 5 nitrogen and oxygen atoms in total. The number of halogens is 2. The smallest absolute Gasteiger partial charge is 0.313 e. The fraction of sp³-hybridized carbons (Fsp3) is 0.467. The number of aliphatic hydroxyl groups is 1. The van der Waals surface area contributed by atoms with E-state index in [-0.39, 0.29) is 24.3 Å². The number of hydrogen-bond acceptors (Lipinski definition) is 3. The molecule has 1 aliphatic carbocycles. The molecule has 7 heteroatoms. The topological polar surface area (TPSA) is 78.4 Å². The minimum atomic E-state index is -0.800. The molecule has 1 aromatic rings. The summed E-state index contributed by atoms with van der Waals surface area (Å²) < 4.78 is 0. The number of nitrogens with one attached hydrogen (secondary N) is 2. The van der Waals surface area contributed by atoms with Gasteiger partial charge in [0.25, 0.3) is 0 Å². The van der Waals surface area contributed by atoms with Crippen LogP contribution in [-0.2, 0) is 9.59 Å². The number of benzene rings is 1. The van der Waals surface area contributed by atoms with Gasteiger partial charge in [0, 0.05) is 23.6 Å². The molecule has 3 N–H and O–H groups in total. The highest BCUT2D eigenvalue weighted by molar-refractivity contribution is 6.42. The Balaban J connectivity index is 1.97. The molecule has 22 heavy (non-hydrogen) atoms. The van der Waals surface area contributed by atoms with Gasteiger partial charge in [0.15, 0.2) is 0 Å². The van der Waals surface area contributed by atoms with Crippen molar-refractivity contribution in [3.63, 3.8) is 0 Å². The van der Waals surface area contributed by atoms with Crippen LogP contribution >= 0.6 is 23.2 Å². The summed E-state index contributed by atoms with van der Waals surface area (Å²) in [5.41, 5.74) is 0.289. The lowest BCUT2D eigenvalue weighted by molar-refractivity contribution is -0.137. The molecule has 1 aliphatic rings. The molecule has 0 aliphatic heterocycles. The first-order valence-electron chi connectivity index (χ1n) is 7.19. The number of carbonyl (C=O) groups is 2. The second-order valence-corrected chi connectivity index (χ2v) is 6.23. The van der Waals surface area contributed by atoms with E-state index < -0.39 is 11.8 Å². The molecule has 0 saturated heterocycles. The van der Waals surface area contributed by atoms with E-state index in [0.29, 0.717) is 10.0 Å². The van der Waals surface area contributed by atoms with Crippen LogP contribution in [0.15, 0.2) is 18.2 Å². The van der Waals surface area contributed by atoms with Gasteiger partial charge in [0.1, 0.15) is 0 Å². The van der Waals surface area contributed by atoms with E-state index in [1.165, 1.54) is 6.07 Å². The average molecular weight is 345 g/mol. The van der Waals surface area contributed by atoms with Gasteiger partial charge >= 0.3 is 11.8 Å². The molecule has 1 saturated carbocycles. The van der Waals surface area contributed by atoms with Gasteiger partial charge in [-0.3, -0.25) is 9.59 Å². The second kappa shape index (κ2) is 7.81. The van der Waals surface area contributed by atoms with Gasteiger partial charge in [-0.05, 0) is 31.0 Å². The van der Waals surface area contributed by atoms with Crippen molar-refractivity contribution in [2.75, 3.05) is 11.9 Å². The summed E-state index contributed by atoms with van der Waals surface area (Å²) in [5, 5.41) is 15.2. The Labute approximate surface area is 139 Å². The molecule has 1 fully saturated rings. The van der Waals surface area contributed by atoms with Crippen molar-refractivity contribution in [2.45, 2.75) is 31.7 Å². The highest BCUT2D eigenvalue weighted by atomic mass is 35.5. The number of anilines is 1. The molecule has 0 spiro atoms. The third kappa shape index (κ3) is 4.35. The Morgan fingerprint density at radius 2 is 1.91 bits per heavy atom. The fourth-order valence-electron chi connectivity index (χ4n) is 2.62. The molecule has 2 unspecified atom stereocenters. The van der Waals surface area contributed by atoms with Crippen molar-refractivity contribution >= 4 is 40.7 Å². The molecule has 1 aromatic carbocycles. The highest BCUT2D eigenvalue weighted by Crippen LogP contribution is 2.26. The standard InChI is InChI=1S/C15H18Cl2N2O3/c16-10-5-6-11(17)13(7-10)19-15(22)14(21)18-12-4-2-1-3-9(12)8-20/h5-7,9,12,20H,1-4,8H2,(H,18,21)(H,19,22). The number of rotatable bonds is 3. The van der Waals surface area contributed by atoms with Gasteiger partial charge in [-0.15, -0.1) is 0 Å². The van der Waals surface area contributed by atoms with Crippen molar-refractivity contribution in [3.05, 3.63) is 28.2 Å². The fourth-order valence-corrected chi connectivity index (χ4v) is 2.96. The molecule has 0 heterocycles.